The van der Waals surface area contributed by atoms with Crippen LogP contribution in [0.2, 0.25) is 77.1 Å². The Bertz CT molecular complexity index is 6960. The number of ether oxygens (including phenoxy) is 3. The van der Waals surface area contributed by atoms with Crippen molar-refractivity contribution in [2.75, 3.05) is 79.7 Å². The third-order valence-corrected chi connectivity index (χ3v) is 48.3. The lowest BCUT2D eigenvalue weighted by molar-refractivity contribution is 0.0884. The number of benzene rings is 7. The van der Waals surface area contributed by atoms with Gasteiger partial charge >= 0.3 is 0 Å². The number of amides is 1. The van der Waals surface area contributed by atoms with Crippen LogP contribution in [-0.2, 0) is 99.3 Å². The number of fused-ring (bicyclic) bond motifs is 10. The van der Waals surface area contributed by atoms with Crippen molar-refractivity contribution in [1.82, 2.24) is 13.9 Å². The largest absolute Gasteiger partial charge is 0.366 e. The third-order valence-electron chi connectivity index (χ3n) is 35.2. The highest BCUT2D eigenvalue weighted by Gasteiger charge is 2.74. The average Bonchev–Trinajstić information content (AvgIpc) is 1.48. The molecular weight excluding hydrogens is 2030 g/mol. The molecule has 788 valence electrons. The van der Waals surface area contributed by atoms with Gasteiger partial charge in [0.2, 0.25) is 30.1 Å². The van der Waals surface area contributed by atoms with Crippen LogP contribution in [0.5, 0.6) is 0 Å². The van der Waals surface area contributed by atoms with Crippen LogP contribution in [0.1, 0.15) is 235 Å². The summed E-state index contributed by atoms with van der Waals surface area (Å²) in [4.78, 5) is 17.3. The molecule has 0 spiro atoms. The van der Waals surface area contributed by atoms with Gasteiger partial charge in [0.15, 0.2) is 0 Å². The van der Waals surface area contributed by atoms with Gasteiger partial charge in [0.1, 0.15) is 29.2 Å². The van der Waals surface area contributed by atoms with Gasteiger partial charge < -0.3 is 28.9 Å². The molecule has 0 aromatic heterocycles. The molecule has 22 rings (SSSR count). The number of carbonyl (C=O) groups is 1. The zero-order valence-electron chi connectivity index (χ0n) is 89.0. The molecule has 0 unspecified atom stereocenters. The van der Waals surface area contributed by atoms with E-state index >= 15 is 0 Å². The van der Waals surface area contributed by atoms with Crippen molar-refractivity contribution in [1.29, 1.82) is 15.8 Å². The van der Waals surface area contributed by atoms with Crippen molar-refractivity contribution in [3.05, 3.63) is 213 Å². The lowest BCUT2D eigenvalue weighted by Gasteiger charge is -2.51. The molecule has 2 N–H and O–H groups in total. The number of azo groups is 1. The summed E-state index contributed by atoms with van der Waals surface area (Å²) in [5.41, 5.74) is 9.97. The Morgan fingerprint density at radius 1 is 0.429 bits per heavy atom. The fourth-order valence-corrected chi connectivity index (χ4v) is 44.7. The highest BCUT2D eigenvalue weighted by molar-refractivity contribution is 7.96. The summed E-state index contributed by atoms with van der Waals surface area (Å²) in [5.74, 6) is 0.786. The Labute approximate surface area is 888 Å². The van der Waals surface area contributed by atoms with E-state index in [9.17, 15) is 54.3 Å². The number of nitrogens with zero attached hydrogens (tertiary/aromatic N) is 12. The van der Waals surface area contributed by atoms with Crippen LogP contribution >= 0.6 is 19.1 Å². The summed E-state index contributed by atoms with van der Waals surface area (Å²) in [6, 6.07) is 58.8. The van der Waals surface area contributed by atoms with Gasteiger partial charge in [-0.3, -0.25) is 22.1 Å². The van der Waals surface area contributed by atoms with E-state index in [0.29, 0.717) is 61.4 Å². The predicted octanol–water partition coefficient (Wildman–Crippen LogP) is 21.7. The SMILES string of the molecule is CN(Cl)C(=O)c1ccccc1.CN1c2cccc3c2[C@@](N=N[C@]24CCC[C@H]2N(S(=O)(=O)CC[Si](C)(C)C)c2ccccc24)(CCC[C@@H]3[C@H]2OC2(C)C)[C@H]1C#N.CN1c2cccc3c2[C@@](NS(=O)(=O)N[C@]24CCC[C@H]2N(S(=O)(=O)CC[Si](C)(C)C)c2ccccc24)(CCC[C@@H]3[C@H]2OC2(C)C)[C@H]1C#N.CN1c2cccc3c2[C@@]([C@]24CCC[C@H]2N(S(=O)(=O)CC[Si](C)(C)C)c2ccccc24)(CCC[C@@H]3[C@H]2OC2(C)C)[C@H]1C#N.CP=S. The molecule has 18 atom stereocenters. The smallest absolute Gasteiger partial charge is 0.278 e. The van der Waals surface area contributed by atoms with Gasteiger partial charge in [-0.15, -0.1) is 0 Å². The Morgan fingerprint density at radius 3 is 1.27 bits per heavy atom. The lowest BCUT2D eigenvalue weighted by Crippen LogP contribution is -2.62. The number of rotatable bonds is 23. The third kappa shape index (κ3) is 18.7. The van der Waals surface area contributed by atoms with Gasteiger partial charge in [0.25, 0.3) is 16.1 Å². The minimum atomic E-state index is -4.31. The van der Waals surface area contributed by atoms with Crippen LogP contribution in [0, 0.1) is 34.0 Å². The van der Waals surface area contributed by atoms with Gasteiger partial charge in [-0.1, -0.05) is 199 Å². The number of halogens is 1. The molecule has 0 bridgehead atoms. The maximum atomic E-state index is 14.7. The molecule has 26 nitrogen and oxygen atoms in total. The number of anilines is 6. The normalized spacial score (nSPS) is 31.1. The molecule has 7 aromatic rings. The number of carbonyl (C=O) groups excluding carboxylic acids is 1. The second-order valence-electron chi connectivity index (χ2n) is 49.1. The van der Waals surface area contributed by atoms with Crippen molar-refractivity contribution in [3.63, 3.8) is 0 Å². The first-order valence-corrected chi connectivity index (χ1v) is 72.9. The van der Waals surface area contributed by atoms with Crippen LogP contribution in [0.3, 0.4) is 0 Å². The fraction of sp³-hybridized carbons (Fsp3) is 0.586. The van der Waals surface area contributed by atoms with E-state index in [0.717, 1.165) is 157 Å². The maximum absolute atomic E-state index is 14.7. The standard InChI is InChI=1S/C34H47N5O5S2Si.C34H45N5O3SSi.C34H45N3O3SSi.C8H8ClNO.CH3PS/c1-32(2)31(44-32)24-13-10-19-34(29(22-35)38(3)27-16-9-12-23(24)30(27)34)37-46(42,43)36-33-18-11-17-28(33)39(26-15-8-7-14-25(26)33)45(40,41)20-21-47(4,5)6;1-32(2)31(42-32)24-13-10-19-34(29(22-35)38(3)27-16-9-12-23(24)30(27)34)37-36-33-18-11-17-28(33)39(26-15-8-7-14-25(26)33)43(40,41)20-21-44(4,5)6;1-32(2)31(40-32)24-13-10-19-34(29(22-35)36(3)27-16-9-12-23(24)30(27)34)33-18-11-17-28(33)37(26-15-8-7-14-25(26)33)41(38,39)20-21-42(4,5)6;1-10(9)8(11)7-5-3-2-4-6-7;1-2-3/h7-9,12,14-16,24,28-29,31,36-37H,10-11,13,17-21H2,1-6H3;7-9,12,14-16,24,28-29,31H,10-11,13,17-21H2,1-6H3;7-9,12,14-16,24,28-29,31H,10-11,13,17-21H2,1-6H3;2-6H,1H3;1H3/t3*24-,28+,29+,31+,33-,34+;;/m000../s1. The Morgan fingerprint density at radius 2 is 0.769 bits per heavy atom. The Balaban J connectivity index is 0.000000135. The van der Waals surface area contributed by atoms with Crippen molar-refractivity contribution >= 4 is 135 Å². The van der Waals surface area contributed by atoms with Gasteiger partial charge in [-0.2, -0.15) is 43.9 Å². The van der Waals surface area contributed by atoms with Crippen LogP contribution in [0.25, 0.3) is 0 Å². The summed E-state index contributed by atoms with van der Waals surface area (Å²) in [7, 11) is -11.5. The minimum absolute atomic E-state index is 0.0213. The first kappa shape index (κ1) is 109. The summed E-state index contributed by atoms with van der Waals surface area (Å²) in [6.45, 7) is 34.6. The number of hydrogen-bond acceptors (Lipinski definition) is 21. The summed E-state index contributed by atoms with van der Waals surface area (Å²) in [5, 5.41) is 43.0. The number of para-hydroxylation sites is 3. The Kier molecular flexibility index (Phi) is 29.0. The number of nitrogens with one attached hydrogen (secondary N) is 2. The number of nitriles is 3. The molecule has 0 radical (unpaired) electrons. The fourth-order valence-electron chi connectivity index (χ4n) is 28.5. The average molecular weight is 2180 g/mol. The number of epoxide rings is 3. The molecule has 1 amide bonds. The summed E-state index contributed by atoms with van der Waals surface area (Å²) >= 11 is 9.81. The molecule has 147 heavy (non-hydrogen) atoms. The first-order valence-electron chi connectivity index (χ1n) is 52.8. The number of sulfonamides is 3. The molecule has 9 heterocycles. The van der Waals surface area contributed by atoms with Crippen molar-refractivity contribution < 1.29 is 52.7 Å². The first-order chi connectivity index (χ1) is 69.2. The van der Waals surface area contributed by atoms with E-state index in [1.165, 1.54) is 28.0 Å². The molecule has 6 aliphatic carbocycles. The lowest BCUT2D eigenvalue weighted by atomic mass is 9.51. The molecule has 9 aliphatic heterocycles. The van der Waals surface area contributed by atoms with E-state index in [1.54, 1.807) is 34.6 Å². The highest BCUT2D eigenvalue weighted by Crippen LogP contribution is 2.72. The molecule has 6 fully saturated rings. The van der Waals surface area contributed by atoms with Crippen LogP contribution in [0.4, 0.5) is 34.1 Å². The summed E-state index contributed by atoms with van der Waals surface area (Å²) in [6.07, 6.45) is 14.5. The quantitative estimate of drug-likeness (QED) is 0.0197. The second kappa shape index (κ2) is 39.2. The van der Waals surface area contributed by atoms with E-state index in [4.69, 9.17) is 36.2 Å². The topological polar surface area (TPSA) is 334 Å². The molecule has 3 saturated carbocycles. The zero-order chi connectivity index (χ0) is 106. The van der Waals surface area contributed by atoms with Crippen LogP contribution < -0.4 is 37.1 Å². The molecular formula is C111H148ClN14O12PS5Si3. The zero-order valence-corrected chi connectivity index (χ0v) is 97.8. The van der Waals surface area contributed by atoms with Gasteiger partial charge in [-0.25, -0.2) is 25.3 Å². The number of likely N-dealkylation sites (N-methyl/N-ethyl adjacent to an activating group) is 3. The molecule has 36 heteroatoms. The molecule has 7 aromatic carbocycles. The maximum Gasteiger partial charge on any atom is 0.278 e. The van der Waals surface area contributed by atoms with Crippen molar-refractivity contribution in [2.24, 2.45) is 10.2 Å². The monoisotopic (exact) mass is 2180 g/mol. The van der Waals surface area contributed by atoms with Crippen LogP contribution in [-0.4, -0.2) is 192 Å². The van der Waals surface area contributed by atoms with E-state index < -0.39 is 116 Å². The van der Waals surface area contributed by atoms with E-state index in [-0.39, 0.29) is 94.2 Å². The van der Waals surface area contributed by atoms with Crippen LogP contribution in [0.15, 0.2) is 168 Å². The molecule has 3 saturated heterocycles. The highest BCUT2D eigenvalue weighted by atomic mass is 35.5. The minimum Gasteiger partial charge on any atom is -0.366 e. The number of hydrogen-bond donors (Lipinski definition) is 2. The van der Waals surface area contributed by atoms with E-state index in [1.807, 2.05) is 96.7 Å². The van der Waals surface area contributed by atoms with Crippen molar-refractivity contribution in [2.45, 2.75) is 356 Å². The van der Waals surface area contributed by atoms with Gasteiger partial charge in [0.05, 0.1) is 117 Å². The van der Waals surface area contributed by atoms with E-state index in [2.05, 4.69) is 217 Å². The second-order valence-corrected chi connectivity index (χ2v) is 75.2. The summed E-state index contributed by atoms with van der Waals surface area (Å²) < 4.78 is 145. The van der Waals surface area contributed by atoms with Gasteiger partial charge in [-0.05, 0) is 252 Å². The van der Waals surface area contributed by atoms with Gasteiger partial charge in [0, 0.05) is 132 Å². The molecule has 15 aliphatic rings. The Hall–Kier alpha value is -8.06. The van der Waals surface area contributed by atoms with Crippen molar-refractivity contribution in [3.8, 4) is 18.2 Å². The predicted molar refractivity (Wildman–Crippen MR) is 600 cm³/mol.